The molecule has 4 rings (SSSR count). The fourth-order valence-corrected chi connectivity index (χ4v) is 7.60. The number of thioether (sulfide) groups is 1. The first-order valence-corrected chi connectivity index (χ1v) is 14.8. The first-order chi connectivity index (χ1) is 17.0. The van der Waals surface area contributed by atoms with Crippen molar-refractivity contribution in [3.8, 4) is 0 Å². The monoisotopic (exact) mass is 530 g/mol. The Bertz CT molecular complexity index is 1080. The first-order valence-electron chi connectivity index (χ1n) is 13.1. The van der Waals surface area contributed by atoms with E-state index in [1.165, 1.54) is 17.5 Å². The number of carbonyl (C=O) groups is 2. The summed E-state index contributed by atoms with van der Waals surface area (Å²) in [6.07, 6.45) is 8.73. The lowest BCUT2D eigenvalue weighted by atomic mass is 9.81. The third kappa shape index (κ3) is 6.08. The van der Waals surface area contributed by atoms with Crippen LogP contribution in [0.15, 0.2) is 35.5 Å². The molecule has 2 saturated carbocycles. The molecule has 0 bridgehead atoms. The maximum absolute atomic E-state index is 14.0. The van der Waals surface area contributed by atoms with Gasteiger partial charge in [0.15, 0.2) is 6.20 Å². The van der Waals surface area contributed by atoms with E-state index in [1.807, 2.05) is 23.1 Å². The van der Waals surface area contributed by atoms with Gasteiger partial charge in [-0.1, -0.05) is 39.5 Å². The number of hydrogen-bond donors (Lipinski definition) is 1. The summed E-state index contributed by atoms with van der Waals surface area (Å²) in [4.78, 5) is 29.5. The SMILES string of the molecule is CC(C)(C)c1cc(N(C(=O)[C@H]2CC[C@H](C)CC2)[C@H]2CC[C@H](Sc3cccc[n+]3[O-])CC2)c(C(=O)O)s1. The van der Waals surface area contributed by atoms with Crippen molar-refractivity contribution >= 4 is 40.7 Å². The van der Waals surface area contributed by atoms with Crippen LogP contribution in [-0.2, 0) is 10.2 Å². The van der Waals surface area contributed by atoms with E-state index in [4.69, 9.17) is 0 Å². The van der Waals surface area contributed by atoms with Gasteiger partial charge in [0.1, 0.15) is 4.88 Å². The number of carbonyl (C=O) groups excluding carboxylic acids is 1. The topological polar surface area (TPSA) is 84.5 Å². The standard InChI is InChI=1S/C28H38N2O4S2/c1-18-8-10-19(11-9-18)26(31)30(22-17-23(28(2,3)4)36-25(22)27(32)33)20-12-14-21(15-13-20)35-24-7-5-6-16-29(24)34/h5-7,16-21H,8-15H2,1-4H3,(H,32,33)/t18-,19-,20-,21-. The zero-order valence-corrected chi connectivity index (χ0v) is 23.4. The highest BCUT2D eigenvalue weighted by atomic mass is 32.2. The van der Waals surface area contributed by atoms with Gasteiger partial charge in [0, 0.05) is 34.2 Å². The predicted octanol–water partition coefficient (Wildman–Crippen LogP) is 6.64. The molecule has 2 fully saturated rings. The van der Waals surface area contributed by atoms with Crippen LogP contribution in [0.5, 0.6) is 0 Å². The van der Waals surface area contributed by atoms with E-state index in [9.17, 15) is 19.9 Å². The van der Waals surface area contributed by atoms with Crippen molar-refractivity contribution < 1.29 is 19.4 Å². The van der Waals surface area contributed by atoms with Gasteiger partial charge in [-0.3, -0.25) is 4.79 Å². The van der Waals surface area contributed by atoms with E-state index in [-0.39, 0.29) is 28.2 Å². The average Bonchev–Trinajstić information content (AvgIpc) is 3.28. The van der Waals surface area contributed by atoms with Gasteiger partial charge < -0.3 is 15.2 Å². The van der Waals surface area contributed by atoms with Crippen LogP contribution in [0.25, 0.3) is 0 Å². The molecule has 0 unspecified atom stereocenters. The summed E-state index contributed by atoms with van der Waals surface area (Å²) in [5.41, 5.74) is 0.386. The normalized spacial score (nSPS) is 24.9. The third-order valence-electron chi connectivity index (χ3n) is 7.59. The van der Waals surface area contributed by atoms with Crippen molar-refractivity contribution in [3.63, 3.8) is 0 Å². The van der Waals surface area contributed by atoms with Gasteiger partial charge in [0.05, 0.1) is 5.69 Å². The predicted molar refractivity (Wildman–Crippen MR) is 146 cm³/mol. The van der Waals surface area contributed by atoms with E-state index in [1.54, 1.807) is 17.8 Å². The van der Waals surface area contributed by atoms with Crippen LogP contribution < -0.4 is 9.63 Å². The number of aromatic nitrogens is 1. The maximum Gasteiger partial charge on any atom is 0.348 e. The zero-order chi connectivity index (χ0) is 26.0. The van der Waals surface area contributed by atoms with E-state index >= 15 is 0 Å². The van der Waals surface area contributed by atoms with Crippen LogP contribution in [0.1, 0.15) is 93.6 Å². The van der Waals surface area contributed by atoms with Crippen molar-refractivity contribution in [1.29, 1.82) is 0 Å². The number of amides is 1. The summed E-state index contributed by atoms with van der Waals surface area (Å²) in [5, 5.41) is 23.2. The number of thiophene rings is 1. The Labute approximate surface area is 222 Å². The summed E-state index contributed by atoms with van der Waals surface area (Å²) >= 11 is 2.91. The molecule has 0 radical (unpaired) electrons. The lowest BCUT2D eigenvalue weighted by molar-refractivity contribution is -0.645. The Kier molecular flexibility index (Phi) is 8.35. The number of aromatic carboxylic acids is 1. The highest BCUT2D eigenvalue weighted by molar-refractivity contribution is 7.99. The third-order valence-corrected chi connectivity index (χ3v) is 10.5. The molecule has 2 aliphatic rings. The van der Waals surface area contributed by atoms with E-state index in [2.05, 4.69) is 27.7 Å². The minimum Gasteiger partial charge on any atom is -0.618 e. The summed E-state index contributed by atoms with van der Waals surface area (Å²) in [6, 6.07) is 7.40. The number of hydrogen-bond acceptors (Lipinski definition) is 5. The van der Waals surface area contributed by atoms with Gasteiger partial charge >= 0.3 is 5.97 Å². The highest BCUT2D eigenvalue weighted by Crippen LogP contribution is 2.43. The number of pyridine rings is 1. The van der Waals surface area contributed by atoms with Crippen LogP contribution in [0.2, 0.25) is 0 Å². The summed E-state index contributed by atoms with van der Waals surface area (Å²) < 4.78 is 0.912. The molecular formula is C28H38N2O4S2. The molecule has 2 aliphatic carbocycles. The second-order valence-electron chi connectivity index (χ2n) is 11.5. The minimum absolute atomic E-state index is 0.0237. The lowest BCUT2D eigenvalue weighted by Crippen LogP contribution is -2.47. The number of carboxylic acids is 1. The summed E-state index contributed by atoms with van der Waals surface area (Å²) in [7, 11) is 0. The van der Waals surface area contributed by atoms with Crippen LogP contribution in [0.3, 0.4) is 0 Å². The Morgan fingerprint density at radius 3 is 2.33 bits per heavy atom. The lowest BCUT2D eigenvalue weighted by Gasteiger charge is -2.39. The molecule has 8 heteroatoms. The van der Waals surface area contributed by atoms with E-state index in [0.717, 1.165) is 61.0 Å². The Morgan fingerprint density at radius 2 is 1.75 bits per heavy atom. The van der Waals surface area contributed by atoms with Gasteiger partial charge in [0.25, 0.3) is 5.03 Å². The van der Waals surface area contributed by atoms with Crippen LogP contribution in [0.4, 0.5) is 5.69 Å². The smallest absolute Gasteiger partial charge is 0.348 e. The second kappa shape index (κ2) is 11.1. The Balaban J connectivity index is 1.60. The summed E-state index contributed by atoms with van der Waals surface area (Å²) in [6.45, 7) is 8.48. The van der Waals surface area contributed by atoms with E-state index in [0.29, 0.717) is 21.9 Å². The minimum atomic E-state index is -0.964. The molecule has 2 aromatic rings. The maximum atomic E-state index is 14.0. The van der Waals surface area contributed by atoms with Gasteiger partial charge in [-0.15, -0.1) is 11.3 Å². The van der Waals surface area contributed by atoms with Crippen LogP contribution in [-0.4, -0.2) is 28.3 Å². The fourth-order valence-electron chi connectivity index (χ4n) is 5.38. The molecule has 0 aromatic carbocycles. The molecule has 0 aliphatic heterocycles. The molecule has 6 nitrogen and oxygen atoms in total. The van der Waals surface area contributed by atoms with E-state index < -0.39 is 5.97 Å². The van der Waals surface area contributed by atoms with Gasteiger partial charge in [0.2, 0.25) is 5.91 Å². The van der Waals surface area contributed by atoms with Gasteiger partial charge in [-0.2, -0.15) is 4.73 Å². The number of carboxylic acid groups (broad SMARTS) is 1. The largest absolute Gasteiger partial charge is 0.618 e. The van der Waals surface area contributed by atoms with Crippen molar-refractivity contribution in [3.05, 3.63) is 45.4 Å². The quantitative estimate of drug-likeness (QED) is 0.334. The zero-order valence-electron chi connectivity index (χ0n) is 21.7. The van der Waals surface area contributed by atoms with Crippen molar-refractivity contribution in [1.82, 2.24) is 0 Å². The molecular weight excluding hydrogens is 492 g/mol. The molecule has 196 valence electrons. The molecule has 0 spiro atoms. The number of nitrogens with zero attached hydrogens (tertiary/aromatic N) is 2. The Hall–Kier alpha value is -2.06. The fraction of sp³-hybridized carbons (Fsp3) is 0.607. The second-order valence-corrected chi connectivity index (χ2v) is 13.8. The number of anilines is 1. The molecule has 36 heavy (non-hydrogen) atoms. The molecule has 0 atom stereocenters. The van der Waals surface area contributed by atoms with Gasteiger partial charge in [-0.25, -0.2) is 4.79 Å². The van der Waals surface area contributed by atoms with Gasteiger partial charge in [-0.05, 0) is 74.8 Å². The van der Waals surface area contributed by atoms with Crippen LogP contribution in [0, 0.1) is 17.0 Å². The molecule has 2 aromatic heterocycles. The average molecular weight is 531 g/mol. The summed E-state index contributed by atoms with van der Waals surface area (Å²) in [5.74, 6) is -0.273. The molecule has 0 saturated heterocycles. The van der Waals surface area contributed by atoms with Crippen molar-refractivity contribution in [2.75, 3.05) is 4.90 Å². The number of rotatable bonds is 6. The molecule has 1 N–H and O–H groups in total. The van der Waals surface area contributed by atoms with Crippen LogP contribution >= 0.6 is 23.1 Å². The molecule has 1 amide bonds. The highest BCUT2D eigenvalue weighted by Gasteiger charge is 2.38. The van der Waals surface area contributed by atoms with Crippen molar-refractivity contribution in [2.45, 2.75) is 101 Å². The Morgan fingerprint density at radius 1 is 1.08 bits per heavy atom. The first kappa shape index (κ1) is 27.0. The van der Waals surface area contributed by atoms with Crippen molar-refractivity contribution in [2.24, 2.45) is 11.8 Å². The molecule has 2 heterocycles.